The molecule has 0 radical (unpaired) electrons. The molecule has 4 aromatic rings. The van der Waals surface area contributed by atoms with Crippen molar-refractivity contribution < 1.29 is 14.3 Å². The molecule has 0 bridgehead atoms. The number of aryl methyl sites for hydroxylation is 1. The maximum atomic E-state index is 12.6. The van der Waals surface area contributed by atoms with Gasteiger partial charge >= 0.3 is 0 Å². The standard InChI is InChI=1S/C21H18N2O3/c1-23-15-7-5-4-6-11(15)18-14-10-22-21(24)19(14)12-8-16(25-2)17(26-3)9-13(12)20(18)23/h4-9H,10H2,1-3H3,(H,22,24). The Morgan fingerprint density at radius 1 is 1.00 bits per heavy atom. The second-order valence-corrected chi connectivity index (χ2v) is 6.59. The van der Waals surface area contributed by atoms with Gasteiger partial charge in [-0.15, -0.1) is 0 Å². The third-order valence-corrected chi connectivity index (χ3v) is 5.41. The zero-order valence-electron chi connectivity index (χ0n) is 14.8. The van der Waals surface area contributed by atoms with Crippen LogP contribution in [-0.2, 0) is 13.6 Å². The monoisotopic (exact) mass is 346 g/mol. The Bertz CT molecular complexity index is 1240. The van der Waals surface area contributed by atoms with Crippen molar-refractivity contribution in [2.24, 2.45) is 7.05 Å². The zero-order valence-corrected chi connectivity index (χ0v) is 14.8. The van der Waals surface area contributed by atoms with Crippen LogP contribution in [0.1, 0.15) is 15.9 Å². The van der Waals surface area contributed by atoms with Crippen molar-refractivity contribution >= 4 is 38.5 Å². The summed E-state index contributed by atoms with van der Waals surface area (Å²) >= 11 is 0. The van der Waals surface area contributed by atoms with Gasteiger partial charge in [0.25, 0.3) is 5.91 Å². The van der Waals surface area contributed by atoms with Crippen LogP contribution >= 0.6 is 0 Å². The average Bonchev–Trinajstić information content (AvgIpc) is 3.20. The Kier molecular flexibility index (Phi) is 2.98. The van der Waals surface area contributed by atoms with E-state index in [0.717, 1.165) is 43.7 Å². The molecular formula is C21H18N2O3. The lowest BCUT2D eigenvalue weighted by atomic mass is 9.94. The van der Waals surface area contributed by atoms with Gasteiger partial charge < -0.3 is 19.4 Å². The van der Waals surface area contributed by atoms with Crippen molar-refractivity contribution in [1.82, 2.24) is 9.88 Å². The second kappa shape index (κ2) is 5.14. The number of ether oxygens (including phenoxy) is 2. The molecule has 5 nitrogen and oxygen atoms in total. The van der Waals surface area contributed by atoms with Crippen LogP contribution < -0.4 is 14.8 Å². The Morgan fingerprint density at radius 3 is 2.42 bits per heavy atom. The van der Waals surface area contributed by atoms with Crippen LogP contribution in [0.25, 0.3) is 32.6 Å². The van der Waals surface area contributed by atoms with Gasteiger partial charge in [-0.2, -0.15) is 0 Å². The van der Waals surface area contributed by atoms with Gasteiger partial charge in [-0.05, 0) is 23.8 Å². The van der Waals surface area contributed by atoms with E-state index in [1.54, 1.807) is 14.2 Å². The van der Waals surface area contributed by atoms with Gasteiger partial charge in [0, 0.05) is 40.7 Å². The quantitative estimate of drug-likeness (QED) is 0.601. The third-order valence-electron chi connectivity index (χ3n) is 5.41. The highest BCUT2D eigenvalue weighted by Gasteiger charge is 2.28. The average molecular weight is 346 g/mol. The number of hydrogen-bond donors (Lipinski definition) is 1. The minimum absolute atomic E-state index is 0.0351. The first kappa shape index (κ1) is 15.1. The van der Waals surface area contributed by atoms with E-state index in [1.807, 2.05) is 24.3 Å². The smallest absolute Gasteiger partial charge is 0.252 e. The summed E-state index contributed by atoms with van der Waals surface area (Å²) in [5, 5.41) is 7.17. The molecule has 1 aromatic heterocycles. The topological polar surface area (TPSA) is 52.5 Å². The molecule has 0 saturated heterocycles. The fourth-order valence-corrected chi connectivity index (χ4v) is 4.28. The van der Waals surface area contributed by atoms with Gasteiger partial charge in [-0.25, -0.2) is 0 Å². The summed E-state index contributed by atoms with van der Waals surface area (Å²) in [5.74, 6) is 1.25. The molecule has 0 unspecified atom stereocenters. The molecule has 5 heteroatoms. The van der Waals surface area contributed by atoms with Crippen LogP contribution in [0.5, 0.6) is 11.5 Å². The van der Waals surface area contributed by atoms with Gasteiger partial charge in [0.15, 0.2) is 11.5 Å². The van der Waals surface area contributed by atoms with E-state index < -0.39 is 0 Å². The SMILES string of the molecule is COc1cc2c3c(c4c5ccccc5n(C)c4c2cc1OC)CNC3=O. The number of benzene rings is 3. The molecule has 1 N–H and O–H groups in total. The lowest BCUT2D eigenvalue weighted by Crippen LogP contribution is -2.12. The van der Waals surface area contributed by atoms with Crippen molar-refractivity contribution in [3.8, 4) is 11.5 Å². The summed E-state index contributed by atoms with van der Waals surface area (Å²) in [6.07, 6.45) is 0. The molecule has 130 valence electrons. The lowest BCUT2D eigenvalue weighted by molar-refractivity contribution is 0.0967. The molecule has 2 heterocycles. The van der Waals surface area contributed by atoms with Crippen molar-refractivity contribution in [2.75, 3.05) is 14.2 Å². The zero-order chi connectivity index (χ0) is 18.0. The van der Waals surface area contributed by atoms with Gasteiger partial charge in [0.2, 0.25) is 0 Å². The number of carbonyl (C=O) groups excluding carboxylic acids is 1. The molecule has 0 atom stereocenters. The molecule has 3 aromatic carbocycles. The van der Waals surface area contributed by atoms with Crippen molar-refractivity contribution in [1.29, 1.82) is 0 Å². The number of nitrogens with one attached hydrogen (secondary N) is 1. The molecule has 26 heavy (non-hydrogen) atoms. The number of rotatable bonds is 2. The second-order valence-electron chi connectivity index (χ2n) is 6.59. The van der Waals surface area contributed by atoms with Crippen LogP contribution in [0.3, 0.4) is 0 Å². The first-order valence-electron chi connectivity index (χ1n) is 8.51. The largest absolute Gasteiger partial charge is 0.493 e. The molecule has 0 spiro atoms. The van der Waals surface area contributed by atoms with E-state index >= 15 is 0 Å². The molecule has 1 aliphatic rings. The summed E-state index contributed by atoms with van der Waals surface area (Å²) in [6, 6.07) is 12.2. The minimum atomic E-state index is -0.0351. The molecule has 1 amide bonds. The molecular weight excluding hydrogens is 328 g/mol. The number of amides is 1. The number of nitrogens with zero attached hydrogens (tertiary/aromatic N) is 1. The fraction of sp³-hybridized carbons (Fsp3) is 0.190. The van der Waals surface area contributed by atoms with E-state index in [1.165, 1.54) is 0 Å². The molecule has 0 saturated carbocycles. The van der Waals surface area contributed by atoms with Gasteiger partial charge in [0.05, 0.1) is 25.3 Å². The van der Waals surface area contributed by atoms with Crippen LogP contribution in [0, 0.1) is 0 Å². The molecule has 0 aliphatic carbocycles. The van der Waals surface area contributed by atoms with Gasteiger partial charge in [-0.1, -0.05) is 18.2 Å². The molecule has 5 rings (SSSR count). The fourth-order valence-electron chi connectivity index (χ4n) is 4.28. The van der Waals surface area contributed by atoms with Crippen LogP contribution in [0.2, 0.25) is 0 Å². The Hall–Kier alpha value is -3.21. The van der Waals surface area contributed by atoms with Gasteiger partial charge in [0.1, 0.15) is 0 Å². The van der Waals surface area contributed by atoms with E-state index in [0.29, 0.717) is 18.0 Å². The maximum Gasteiger partial charge on any atom is 0.252 e. The number of para-hydroxylation sites is 1. The minimum Gasteiger partial charge on any atom is -0.493 e. The molecule has 0 fully saturated rings. The summed E-state index contributed by atoms with van der Waals surface area (Å²) in [7, 11) is 5.30. The van der Waals surface area contributed by atoms with Crippen molar-refractivity contribution in [2.45, 2.75) is 6.54 Å². The van der Waals surface area contributed by atoms with E-state index in [-0.39, 0.29) is 5.91 Å². The highest BCUT2D eigenvalue weighted by Crippen LogP contribution is 2.44. The normalized spacial score (nSPS) is 13.4. The summed E-state index contributed by atoms with van der Waals surface area (Å²) < 4.78 is 13.2. The predicted octanol–water partition coefficient (Wildman–Crippen LogP) is 3.75. The number of aromatic nitrogens is 1. The number of methoxy groups -OCH3 is 2. The summed E-state index contributed by atoms with van der Waals surface area (Å²) in [4.78, 5) is 12.6. The Balaban J connectivity index is 2.12. The van der Waals surface area contributed by atoms with E-state index in [2.05, 4.69) is 29.1 Å². The molecule has 1 aliphatic heterocycles. The van der Waals surface area contributed by atoms with E-state index in [4.69, 9.17) is 9.47 Å². The summed E-state index contributed by atoms with van der Waals surface area (Å²) in [6.45, 7) is 0.545. The number of hydrogen-bond acceptors (Lipinski definition) is 3. The first-order chi connectivity index (χ1) is 12.7. The summed E-state index contributed by atoms with van der Waals surface area (Å²) in [5.41, 5.74) is 4.05. The highest BCUT2D eigenvalue weighted by atomic mass is 16.5. The maximum absolute atomic E-state index is 12.6. The van der Waals surface area contributed by atoms with Gasteiger partial charge in [-0.3, -0.25) is 4.79 Å². The predicted molar refractivity (Wildman–Crippen MR) is 102 cm³/mol. The number of carbonyl (C=O) groups is 1. The van der Waals surface area contributed by atoms with Crippen LogP contribution in [0.4, 0.5) is 0 Å². The van der Waals surface area contributed by atoms with Crippen molar-refractivity contribution in [3.05, 3.63) is 47.5 Å². The van der Waals surface area contributed by atoms with Crippen molar-refractivity contribution in [3.63, 3.8) is 0 Å². The Morgan fingerprint density at radius 2 is 1.69 bits per heavy atom. The van der Waals surface area contributed by atoms with Crippen LogP contribution in [0.15, 0.2) is 36.4 Å². The third kappa shape index (κ3) is 1.72. The van der Waals surface area contributed by atoms with E-state index in [9.17, 15) is 4.79 Å². The first-order valence-corrected chi connectivity index (χ1v) is 8.51. The number of fused-ring (bicyclic) bond motifs is 8. The highest BCUT2D eigenvalue weighted by molar-refractivity contribution is 6.26. The lowest BCUT2D eigenvalue weighted by Gasteiger charge is -2.13. The Labute approximate surface area is 150 Å². The van der Waals surface area contributed by atoms with Crippen LogP contribution in [-0.4, -0.2) is 24.7 Å².